The third-order valence-electron chi connectivity index (χ3n) is 3.79. The smallest absolute Gasteiger partial charge is 0.253 e. The van der Waals surface area contributed by atoms with Gasteiger partial charge in [0.2, 0.25) is 0 Å². The van der Waals surface area contributed by atoms with Gasteiger partial charge in [-0.1, -0.05) is 60.2 Å². The number of rotatable bonds is 6. The quantitative estimate of drug-likeness (QED) is 0.528. The van der Waals surface area contributed by atoms with Gasteiger partial charge in [-0.15, -0.1) is 0 Å². The molecule has 0 fully saturated rings. The molecule has 0 bridgehead atoms. The second-order valence-electron chi connectivity index (χ2n) is 5.88. The van der Waals surface area contributed by atoms with E-state index in [1.54, 1.807) is 18.3 Å². The molecule has 3 aromatic rings. The van der Waals surface area contributed by atoms with Crippen LogP contribution in [0.4, 0.5) is 5.82 Å². The predicted octanol–water partition coefficient (Wildman–Crippen LogP) is 3.77. The van der Waals surface area contributed by atoms with Crippen LogP contribution in [0.3, 0.4) is 0 Å². The molecule has 1 amide bonds. The number of benzene rings is 2. The molecule has 0 radical (unpaired) electrons. The van der Waals surface area contributed by atoms with Crippen molar-refractivity contribution in [2.24, 2.45) is 5.10 Å². The summed E-state index contributed by atoms with van der Waals surface area (Å²) in [4.78, 5) is 16.4. The Bertz CT molecular complexity index is 872. The van der Waals surface area contributed by atoms with Gasteiger partial charge < -0.3 is 5.32 Å². The molecule has 26 heavy (non-hydrogen) atoms. The number of hydrogen-bond donors (Lipinski definition) is 2. The van der Waals surface area contributed by atoms with Crippen molar-refractivity contribution in [2.75, 3.05) is 5.43 Å². The first-order valence-corrected chi connectivity index (χ1v) is 8.34. The van der Waals surface area contributed by atoms with Gasteiger partial charge in [-0.25, -0.2) is 4.98 Å². The first kappa shape index (κ1) is 17.4. The largest absolute Gasteiger partial charge is 0.348 e. The molecule has 0 aliphatic rings. The predicted molar refractivity (Wildman–Crippen MR) is 104 cm³/mol. The minimum Gasteiger partial charge on any atom is -0.348 e. The summed E-state index contributed by atoms with van der Waals surface area (Å²) >= 11 is 0. The minimum atomic E-state index is -0.155. The monoisotopic (exact) mass is 344 g/mol. The number of aryl methyl sites for hydroxylation is 1. The summed E-state index contributed by atoms with van der Waals surface area (Å²) < 4.78 is 0. The first-order valence-electron chi connectivity index (χ1n) is 8.34. The summed E-state index contributed by atoms with van der Waals surface area (Å²) in [6.45, 7) is 2.52. The fourth-order valence-electron chi connectivity index (χ4n) is 2.30. The van der Waals surface area contributed by atoms with Crippen LogP contribution in [0.2, 0.25) is 0 Å². The van der Waals surface area contributed by atoms with Crippen molar-refractivity contribution in [3.8, 4) is 0 Å². The lowest BCUT2D eigenvalue weighted by atomic mass is 10.1. The van der Waals surface area contributed by atoms with Crippen LogP contribution >= 0.6 is 0 Å². The Kier molecular flexibility index (Phi) is 5.72. The van der Waals surface area contributed by atoms with E-state index in [0.717, 1.165) is 11.1 Å². The fraction of sp³-hybridized carbons (Fsp3) is 0.0952. The summed E-state index contributed by atoms with van der Waals surface area (Å²) in [7, 11) is 0. The van der Waals surface area contributed by atoms with Gasteiger partial charge in [0.1, 0.15) is 5.82 Å². The maximum atomic E-state index is 12.2. The molecule has 130 valence electrons. The molecule has 0 spiro atoms. The van der Waals surface area contributed by atoms with Crippen molar-refractivity contribution >= 4 is 17.9 Å². The van der Waals surface area contributed by atoms with Gasteiger partial charge in [0.15, 0.2) is 0 Å². The Morgan fingerprint density at radius 2 is 1.81 bits per heavy atom. The van der Waals surface area contributed by atoms with Gasteiger partial charge in [0.25, 0.3) is 5.91 Å². The Morgan fingerprint density at radius 3 is 2.50 bits per heavy atom. The molecule has 0 aliphatic carbocycles. The van der Waals surface area contributed by atoms with Gasteiger partial charge in [0, 0.05) is 12.7 Å². The normalized spacial score (nSPS) is 10.7. The van der Waals surface area contributed by atoms with Crippen LogP contribution in [-0.4, -0.2) is 17.1 Å². The number of pyridine rings is 1. The molecule has 5 heteroatoms. The Balaban J connectivity index is 1.52. The van der Waals surface area contributed by atoms with E-state index in [-0.39, 0.29) is 5.91 Å². The number of hydrogen-bond acceptors (Lipinski definition) is 4. The van der Waals surface area contributed by atoms with Gasteiger partial charge in [-0.2, -0.15) is 5.10 Å². The third-order valence-corrected chi connectivity index (χ3v) is 3.79. The zero-order chi connectivity index (χ0) is 18.2. The van der Waals surface area contributed by atoms with E-state index < -0.39 is 0 Å². The van der Waals surface area contributed by atoms with Gasteiger partial charge in [-0.05, 0) is 30.2 Å². The van der Waals surface area contributed by atoms with Crippen molar-refractivity contribution in [3.05, 3.63) is 95.2 Å². The van der Waals surface area contributed by atoms with Gasteiger partial charge in [0.05, 0.1) is 11.8 Å². The second-order valence-corrected chi connectivity index (χ2v) is 5.88. The van der Waals surface area contributed by atoms with E-state index >= 15 is 0 Å². The molecule has 0 unspecified atom stereocenters. The molecule has 0 atom stereocenters. The summed E-state index contributed by atoms with van der Waals surface area (Å²) in [5.74, 6) is 0.421. The molecule has 3 rings (SSSR count). The minimum absolute atomic E-state index is 0.155. The molecule has 2 N–H and O–H groups in total. The molecular weight excluding hydrogens is 324 g/mol. The molecule has 0 aliphatic heterocycles. The lowest BCUT2D eigenvalue weighted by molar-refractivity contribution is 0.0950. The summed E-state index contributed by atoms with van der Waals surface area (Å²) in [5, 5.41) is 7.02. The molecule has 2 aromatic carbocycles. The number of aromatic nitrogens is 1. The van der Waals surface area contributed by atoms with Crippen LogP contribution in [0.1, 0.15) is 27.0 Å². The van der Waals surface area contributed by atoms with Crippen LogP contribution in [-0.2, 0) is 6.54 Å². The summed E-state index contributed by atoms with van der Waals surface area (Å²) in [6.07, 6.45) is 3.24. The van der Waals surface area contributed by atoms with Gasteiger partial charge >= 0.3 is 0 Å². The zero-order valence-electron chi connectivity index (χ0n) is 14.5. The molecule has 0 saturated carbocycles. The standard InChI is InChI=1S/C21H20N4O/c1-16-7-9-18(10-8-16)13-23-21(26)19-11-12-20(22-15-19)25-24-14-17-5-3-2-4-6-17/h2-12,14-15H,13H2,1H3,(H,22,25)(H,23,26)/b24-14+. The lowest BCUT2D eigenvalue weighted by Crippen LogP contribution is -2.22. The van der Waals surface area contributed by atoms with Crippen LogP contribution in [0.25, 0.3) is 0 Å². The maximum Gasteiger partial charge on any atom is 0.253 e. The van der Waals surface area contributed by atoms with E-state index in [9.17, 15) is 4.79 Å². The molecular formula is C21H20N4O. The summed E-state index contributed by atoms with van der Waals surface area (Å²) in [6, 6.07) is 21.3. The Hall–Kier alpha value is -3.47. The highest BCUT2D eigenvalue weighted by Crippen LogP contribution is 2.07. The average Bonchev–Trinajstić information content (AvgIpc) is 2.69. The number of amides is 1. The van der Waals surface area contributed by atoms with Crippen LogP contribution in [0, 0.1) is 6.92 Å². The van der Waals surface area contributed by atoms with Crippen LogP contribution in [0.15, 0.2) is 78.0 Å². The first-order chi connectivity index (χ1) is 12.7. The number of carbonyl (C=O) groups is 1. The van der Waals surface area contributed by atoms with E-state index in [0.29, 0.717) is 17.9 Å². The van der Waals surface area contributed by atoms with E-state index in [2.05, 4.69) is 20.8 Å². The lowest BCUT2D eigenvalue weighted by Gasteiger charge is -2.06. The molecule has 0 saturated heterocycles. The highest BCUT2D eigenvalue weighted by atomic mass is 16.1. The van der Waals surface area contributed by atoms with Crippen LogP contribution in [0.5, 0.6) is 0 Å². The van der Waals surface area contributed by atoms with Crippen LogP contribution < -0.4 is 10.7 Å². The number of hydrazone groups is 1. The third kappa shape index (κ3) is 5.01. The number of carbonyl (C=O) groups excluding carboxylic acids is 1. The van der Waals surface area contributed by atoms with Crippen molar-refractivity contribution in [3.63, 3.8) is 0 Å². The Morgan fingerprint density at radius 1 is 1.04 bits per heavy atom. The molecule has 1 heterocycles. The Labute approximate surface area is 152 Å². The van der Waals surface area contributed by atoms with Crippen molar-refractivity contribution in [1.82, 2.24) is 10.3 Å². The van der Waals surface area contributed by atoms with Gasteiger partial charge in [-0.3, -0.25) is 10.2 Å². The highest BCUT2D eigenvalue weighted by molar-refractivity contribution is 5.94. The van der Waals surface area contributed by atoms with E-state index in [1.165, 1.54) is 11.8 Å². The maximum absolute atomic E-state index is 12.2. The number of nitrogens with one attached hydrogen (secondary N) is 2. The fourth-order valence-corrected chi connectivity index (χ4v) is 2.30. The average molecular weight is 344 g/mol. The highest BCUT2D eigenvalue weighted by Gasteiger charge is 2.05. The van der Waals surface area contributed by atoms with E-state index in [4.69, 9.17) is 0 Å². The number of anilines is 1. The van der Waals surface area contributed by atoms with Crippen molar-refractivity contribution < 1.29 is 4.79 Å². The summed E-state index contributed by atoms with van der Waals surface area (Å²) in [5.41, 5.74) is 6.61. The molecule has 1 aromatic heterocycles. The SMILES string of the molecule is Cc1ccc(CNC(=O)c2ccc(N/N=C/c3ccccc3)nc2)cc1. The number of nitrogens with zero attached hydrogens (tertiary/aromatic N) is 2. The van der Waals surface area contributed by atoms with E-state index in [1.807, 2.05) is 61.5 Å². The molecule has 5 nitrogen and oxygen atoms in total. The topological polar surface area (TPSA) is 66.4 Å². The van der Waals surface area contributed by atoms with Crippen molar-refractivity contribution in [2.45, 2.75) is 13.5 Å². The van der Waals surface area contributed by atoms with Crippen molar-refractivity contribution in [1.29, 1.82) is 0 Å². The second kappa shape index (κ2) is 8.58. The zero-order valence-corrected chi connectivity index (χ0v) is 14.5.